The second-order valence-electron chi connectivity index (χ2n) is 18.9. The van der Waals surface area contributed by atoms with Crippen LogP contribution in [0.15, 0.2) is 35.5 Å². The average molecular weight is 1040 g/mol. The molecule has 3 aliphatic rings. The van der Waals surface area contributed by atoms with Crippen LogP contribution in [-0.2, 0) is 25.6 Å². The Labute approximate surface area is 429 Å². The lowest BCUT2D eigenvalue weighted by atomic mass is 10.0. The zero-order valence-electron chi connectivity index (χ0n) is 42.1. The van der Waals surface area contributed by atoms with Gasteiger partial charge in [0.25, 0.3) is 0 Å². The molecule has 2 aromatic rings. The number of carboxylic acid groups (broad SMARTS) is 4. The number of carboxylic acids is 4. The van der Waals surface area contributed by atoms with Gasteiger partial charge in [0.05, 0.1) is 26.2 Å². The summed E-state index contributed by atoms with van der Waals surface area (Å²) in [5.41, 5.74) is 4.37. The van der Waals surface area contributed by atoms with Crippen LogP contribution in [0.4, 0.5) is 28.3 Å². The standard InChI is InChI=1S/C48H75N13O11S/c1-57(2)47-55-45(50-19-8-5-3-4-6-10-37(34-14-15-34)49-18-9-7-11-38(44(70)71)53-48(72)51-27-39(62)63)54-46(56-47)52-35-16-12-33(13-17-35)26-36-28-60(29-40(64)65)23-22-58-20-21-59(24-25-61(36)30-41(66)67)32-43(69)73-42(68)31-58/h12-13,16-17,36,38,49,68-69H,3-11,14-15,18-32H2,1-2H3,(H,62,63)(H,64,65)(H,66,67)(H,70,71)(H2,51,53,72)(H2,50,52,54,55,56). The first-order valence-electron chi connectivity index (χ1n) is 25.1. The maximum absolute atomic E-state index is 12.2. The van der Waals surface area contributed by atoms with Crippen LogP contribution in [0.2, 0.25) is 0 Å². The fourth-order valence-corrected chi connectivity index (χ4v) is 9.39. The van der Waals surface area contributed by atoms with Crippen LogP contribution in [0.5, 0.6) is 0 Å². The van der Waals surface area contributed by atoms with Crippen LogP contribution in [0, 0.1) is 0 Å². The van der Waals surface area contributed by atoms with Gasteiger partial charge >= 0.3 is 29.9 Å². The van der Waals surface area contributed by atoms with Gasteiger partial charge < -0.3 is 62.1 Å². The van der Waals surface area contributed by atoms with Gasteiger partial charge in [-0.2, -0.15) is 15.0 Å². The van der Waals surface area contributed by atoms with Crippen LogP contribution >= 0.6 is 10.9 Å². The number of amides is 2. The summed E-state index contributed by atoms with van der Waals surface area (Å²) < 4.78 is 0. The fourth-order valence-electron chi connectivity index (χ4n) is 8.63. The molecular weight excluding hydrogens is 967 g/mol. The van der Waals surface area contributed by atoms with Gasteiger partial charge in [-0.05, 0) is 75.5 Å². The van der Waals surface area contributed by atoms with E-state index in [4.69, 9.17) is 5.11 Å². The number of hydrogen-bond donors (Lipinski definition) is 11. The number of benzene rings is 1. The molecule has 404 valence electrons. The lowest BCUT2D eigenvalue weighted by Crippen LogP contribution is -2.53. The summed E-state index contributed by atoms with van der Waals surface area (Å²) in [5.74, 6) is -3.09. The molecule has 2 bridgehead atoms. The molecular formula is C48H75N13O11S. The molecule has 5 rings (SSSR count). The van der Waals surface area contributed by atoms with Gasteiger partial charge in [0.2, 0.25) is 17.8 Å². The first-order valence-corrected chi connectivity index (χ1v) is 25.9. The van der Waals surface area contributed by atoms with Crippen LogP contribution in [0.25, 0.3) is 0 Å². The van der Waals surface area contributed by atoms with E-state index in [0.29, 0.717) is 89.6 Å². The normalized spacial score (nSPS) is 19.1. The minimum Gasteiger partial charge on any atom is -0.480 e. The highest BCUT2D eigenvalue weighted by molar-refractivity contribution is 7.97. The molecule has 1 aromatic heterocycles. The van der Waals surface area contributed by atoms with E-state index in [1.165, 1.54) is 11.3 Å². The summed E-state index contributed by atoms with van der Waals surface area (Å²) in [5, 5.41) is 74.0. The van der Waals surface area contributed by atoms with Gasteiger partial charge in [-0.1, -0.05) is 47.9 Å². The number of fused-ring (bicyclic) bond motifs is 3. The van der Waals surface area contributed by atoms with Crippen molar-refractivity contribution in [1.82, 2.24) is 50.5 Å². The molecule has 3 heterocycles. The highest BCUT2D eigenvalue weighted by atomic mass is 32.1. The number of anilines is 4. The highest BCUT2D eigenvalue weighted by Crippen LogP contribution is 2.32. The molecule has 1 aliphatic carbocycles. The number of nitrogens with zero attached hydrogens (tertiary/aromatic N) is 8. The number of nitrogens with one attached hydrogen (secondary N) is 5. The van der Waals surface area contributed by atoms with Crippen molar-refractivity contribution in [3.05, 3.63) is 41.1 Å². The van der Waals surface area contributed by atoms with Crippen LogP contribution in [0.1, 0.15) is 76.2 Å². The Morgan fingerprint density at radius 2 is 1.36 bits per heavy atom. The summed E-state index contributed by atoms with van der Waals surface area (Å²) in [4.78, 5) is 81.8. The van der Waals surface area contributed by atoms with E-state index in [2.05, 4.69) is 41.5 Å². The molecule has 2 aliphatic heterocycles. The Morgan fingerprint density at radius 3 is 2.00 bits per heavy atom. The van der Waals surface area contributed by atoms with Gasteiger partial charge in [0, 0.05) is 90.4 Å². The van der Waals surface area contributed by atoms with Crippen molar-refractivity contribution in [3.8, 4) is 0 Å². The average Bonchev–Trinajstić information content (AvgIpc) is 4.17. The lowest BCUT2D eigenvalue weighted by Gasteiger charge is -2.37. The zero-order chi connectivity index (χ0) is 52.7. The number of carbonyl (C=O) groups is 5. The molecule has 1 saturated heterocycles. The SMILES string of the molecule is CN(C)c1nc(NCCCCCCCC(NCCCCC(NC(=O)NCC(=O)O)C(=O)O)=C2CC2)nc(Nc2ccc(CC3CN(CC(=O)O)CCN4CCN(CCN3CC(=O)O)CC(O)=S=C(O)C4)cc2)n1. The first kappa shape index (κ1) is 57.9. The number of rotatable bonds is 28. The predicted molar refractivity (Wildman–Crippen MR) is 280 cm³/mol. The summed E-state index contributed by atoms with van der Waals surface area (Å²) in [6.07, 6.45) is 10.3. The number of hydrogen-bond acceptors (Lipinski definition) is 16. The van der Waals surface area contributed by atoms with Gasteiger partial charge in [-0.3, -0.25) is 34.0 Å². The Morgan fingerprint density at radius 1 is 0.726 bits per heavy atom. The third-order valence-corrected chi connectivity index (χ3v) is 13.3. The Hall–Kier alpha value is -5.96. The molecule has 1 saturated carbocycles. The lowest BCUT2D eigenvalue weighted by molar-refractivity contribution is -0.141. The number of urea groups is 1. The molecule has 4 atom stereocenters. The molecule has 24 nitrogen and oxygen atoms in total. The van der Waals surface area contributed by atoms with E-state index >= 15 is 0 Å². The third kappa shape index (κ3) is 22.4. The molecule has 11 N–H and O–H groups in total. The van der Waals surface area contributed by atoms with Crippen molar-refractivity contribution in [2.45, 2.75) is 89.1 Å². The summed E-state index contributed by atoms with van der Waals surface area (Å²) in [6, 6.07) is 5.43. The van der Waals surface area contributed by atoms with E-state index in [1.807, 2.05) is 58.0 Å². The van der Waals surface area contributed by atoms with Crippen molar-refractivity contribution < 1.29 is 54.6 Å². The van der Waals surface area contributed by atoms with E-state index < -0.39 is 42.5 Å². The summed E-state index contributed by atoms with van der Waals surface area (Å²) in [7, 11) is 4.63. The van der Waals surface area contributed by atoms with E-state index in [1.54, 1.807) is 4.90 Å². The number of aromatic nitrogens is 3. The second kappa shape index (κ2) is 30.3. The quantitative estimate of drug-likeness (QED) is 0.0431. The van der Waals surface area contributed by atoms with Crippen LogP contribution < -0.4 is 31.5 Å². The number of unbranched alkanes of at least 4 members (excludes halogenated alkanes) is 5. The second-order valence-corrected chi connectivity index (χ2v) is 20.0. The minimum absolute atomic E-state index is 0.0600. The number of carbonyl (C=O) groups excluding carboxylic acids is 1. The van der Waals surface area contributed by atoms with Crippen molar-refractivity contribution in [2.24, 2.45) is 0 Å². The minimum atomic E-state index is -1.22. The Bertz CT molecular complexity index is 2260. The zero-order valence-corrected chi connectivity index (χ0v) is 42.9. The molecule has 25 heteroatoms. The topological polar surface area (TPSA) is 322 Å². The molecule has 2 amide bonds. The van der Waals surface area contributed by atoms with Gasteiger partial charge in [0.1, 0.15) is 22.7 Å². The number of aliphatic carboxylic acids is 4. The van der Waals surface area contributed by atoms with Crippen molar-refractivity contribution in [3.63, 3.8) is 0 Å². The molecule has 73 heavy (non-hydrogen) atoms. The van der Waals surface area contributed by atoms with Crippen molar-refractivity contribution in [2.75, 3.05) is 121 Å². The summed E-state index contributed by atoms with van der Waals surface area (Å²) in [6.45, 7) is 3.92. The predicted octanol–water partition coefficient (Wildman–Crippen LogP) is 2.50. The smallest absolute Gasteiger partial charge is 0.326 e. The maximum Gasteiger partial charge on any atom is 0.326 e. The summed E-state index contributed by atoms with van der Waals surface area (Å²) >= 11 is 0. The van der Waals surface area contributed by atoms with E-state index in [9.17, 15) is 49.5 Å². The van der Waals surface area contributed by atoms with E-state index in [0.717, 1.165) is 80.0 Å². The fraction of sp³-hybridized carbons (Fsp3) is 0.625. The Balaban J connectivity index is 1.09. The van der Waals surface area contributed by atoms with Gasteiger partial charge in [-0.15, -0.1) is 0 Å². The molecule has 4 unspecified atom stereocenters. The van der Waals surface area contributed by atoms with E-state index in [-0.39, 0.29) is 48.7 Å². The number of allylic oxidation sites excluding steroid dienone is 2. The van der Waals surface area contributed by atoms with Crippen molar-refractivity contribution in [1.29, 1.82) is 0 Å². The molecule has 0 spiro atoms. The third-order valence-electron chi connectivity index (χ3n) is 12.6. The van der Waals surface area contributed by atoms with Crippen LogP contribution in [-0.4, -0.2) is 223 Å². The highest BCUT2D eigenvalue weighted by Gasteiger charge is 2.28. The van der Waals surface area contributed by atoms with Gasteiger partial charge in [0.15, 0.2) is 0 Å². The number of aliphatic hydroxyl groups is 2. The molecule has 1 aromatic carbocycles. The monoisotopic (exact) mass is 1040 g/mol. The Kier molecular flexibility index (Phi) is 24.0. The van der Waals surface area contributed by atoms with Crippen molar-refractivity contribution >= 4 is 74.5 Å². The van der Waals surface area contributed by atoms with Crippen LogP contribution in [0.3, 0.4) is 0 Å². The number of aliphatic hydroxyl groups excluding tert-OH is 2. The first-order chi connectivity index (χ1) is 35.0. The van der Waals surface area contributed by atoms with Gasteiger partial charge in [-0.25, -0.2) is 9.59 Å². The molecule has 2 fully saturated rings. The molecule has 0 radical (unpaired) electrons. The largest absolute Gasteiger partial charge is 0.480 e. The maximum atomic E-state index is 12.2.